The van der Waals surface area contributed by atoms with Gasteiger partial charge in [0.05, 0.1) is 11.3 Å². The van der Waals surface area contributed by atoms with Gasteiger partial charge in [0.15, 0.2) is 0 Å². The van der Waals surface area contributed by atoms with Gasteiger partial charge in [0.25, 0.3) is 0 Å². The third-order valence-electron chi connectivity index (χ3n) is 3.18. The minimum Gasteiger partial charge on any atom is -0.368 e. The molecule has 1 aliphatic rings. The Morgan fingerprint density at radius 2 is 1.88 bits per heavy atom. The summed E-state index contributed by atoms with van der Waals surface area (Å²) >= 11 is 0. The Balaban J connectivity index is 2.11. The highest BCUT2D eigenvalue weighted by Gasteiger charge is 2.17. The predicted octanol–water partition coefficient (Wildman–Crippen LogP) is 1.70. The van der Waals surface area contributed by atoms with E-state index >= 15 is 0 Å². The second kappa shape index (κ2) is 5.00. The van der Waals surface area contributed by atoms with Crippen molar-refractivity contribution in [1.29, 1.82) is 5.26 Å². The van der Waals surface area contributed by atoms with Gasteiger partial charge >= 0.3 is 0 Å². The van der Waals surface area contributed by atoms with E-state index in [0.29, 0.717) is 0 Å². The molecule has 0 aliphatic carbocycles. The van der Waals surface area contributed by atoms with Gasteiger partial charge in [-0.3, -0.25) is 0 Å². The van der Waals surface area contributed by atoms with Crippen molar-refractivity contribution in [3.8, 4) is 6.07 Å². The van der Waals surface area contributed by atoms with Crippen LogP contribution >= 0.6 is 0 Å². The van der Waals surface area contributed by atoms with Crippen LogP contribution in [0.25, 0.3) is 0 Å². The quantitative estimate of drug-likeness (QED) is 0.752. The molecule has 1 saturated heterocycles. The van der Waals surface area contributed by atoms with E-state index in [1.165, 1.54) is 0 Å². The second-order valence-corrected chi connectivity index (χ2v) is 4.05. The van der Waals surface area contributed by atoms with E-state index in [1.54, 1.807) is 0 Å². The monoisotopic (exact) mass is 215 g/mol. The van der Waals surface area contributed by atoms with Crippen molar-refractivity contribution in [2.45, 2.75) is 6.92 Å². The number of hydrogen-bond donors (Lipinski definition) is 0. The van der Waals surface area contributed by atoms with Crippen LogP contribution in [0.4, 0.5) is 5.69 Å². The predicted molar refractivity (Wildman–Crippen MR) is 65.5 cm³/mol. The van der Waals surface area contributed by atoms with Gasteiger partial charge in [-0.1, -0.05) is 19.1 Å². The lowest BCUT2D eigenvalue weighted by Gasteiger charge is -2.35. The van der Waals surface area contributed by atoms with E-state index in [0.717, 1.165) is 44.0 Å². The van der Waals surface area contributed by atoms with Crippen molar-refractivity contribution < 1.29 is 0 Å². The maximum Gasteiger partial charge on any atom is 0.101 e. The summed E-state index contributed by atoms with van der Waals surface area (Å²) in [5.74, 6) is 0. The fourth-order valence-electron chi connectivity index (χ4n) is 2.15. The zero-order chi connectivity index (χ0) is 11.4. The molecule has 1 aromatic carbocycles. The molecule has 84 valence electrons. The number of rotatable bonds is 2. The van der Waals surface area contributed by atoms with E-state index in [-0.39, 0.29) is 0 Å². The number of benzene rings is 1. The first-order chi connectivity index (χ1) is 7.85. The summed E-state index contributed by atoms with van der Waals surface area (Å²) in [6.07, 6.45) is 0. The van der Waals surface area contributed by atoms with Crippen molar-refractivity contribution in [2.75, 3.05) is 37.6 Å². The second-order valence-electron chi connectivity index (χ2n) is 4.05. The van der Waals surface area contributed by atoms with E-state index in [1.807, 2.05) is 24.3 Å². The number of anilines is 1. The van der Waals surface area contributed by atoms with Gasteiger partial charge in [-0.25, -0.2) is 0 Å². The molecule has 3 nitrogen and oxygen atoms in total. The van der Waals surface area contributed by atoms with Gasteiger partial charge in [0.1, 0.15) is 6.07 Å². The van der Waals surface area contributed by atoms with Gasteiger partial charge in [-0.15, -0.1) is 0 Å². The third kappa shape index (κ3) is 2.17. The summed E-state index contributed by atoms with van der Waals surface area (Å²) in [4.78, 5) is 4.75. The zero-order valence-electron chi connectivity index (χ0n) is 9.69. The highest BCUT2D eigenvalue weighted by Crippen LogP contribution is 2.20. The minimum absolute atomic E-state index is 0.785. The van der Waals surface area contributed by atoms with E-state index in [2.05, 4.69) is 22.8 Å². The molecule has 1 fully saturated rings. The average Bonchev–Trinajstić information content (AvgIpc) is 2.39. The Morgan fingerprint density at radius 3 is 2.50 bits per heavy atom. The van der Waals surface area contributed by atoms with Crippen LogP contribution in [-0.4, -0.2) is 37.6 Å². The number of piperazine rings is 1. The molecule has 0 atom stereocenters. The molecule has 0 saturated carbocycles. The molecule has 0 aromatic heterocycles. The molecule has 1 heterocycles. The van der Waals surface area contributed by atoms with Gasteiger partial charge < -0.3 is 9.80 Å². The van der Waals surface area contributed by atoms with Gasteiger partial charge in [-0.05, 0) is 18.7 Å². The first kappa shape index (κ1) is 11.0. The SMILES string of the molecule is CCN1CCN(c2ccccc2C#N)CC1. The molecule has 3 heteroatoms. The lowest BCUT2D eigenvalue weighted by atomic mass is 10.1. The van der Waals surface area contributed by atoms with Crippen molar-refractivity contribution in [2.24, 2.45) is 0 Å². The smallest absolute Gasteiger partial charge is 0.101 e. The average molecular weight is 215 g/mol. The molecule has 0 unspecified atom stereocenters. The van der Waals surface area contributed by atoms with Crippen LogP contribution in [0.1, 0.15) is 12.5 Å². The molecule has 1 aromatic rings. The minimum atomic E-state index is 0.785. The highest BCUT2D eigenvalue weighted by atomic mass is 15.3. The Bertz CT molecular complexity index is 386. The maximum absolute atomic E-state index is 9.06. The first-order valence-corrected chi connectivity index (χ1v) is 5.81. The van der Waals surface area contributed by atoms with Crippen molar-refractivity contribution >= 4 is 5.69 Å². The Hall–Kier alpha value is -1.53. The van der Waals surface area contributed by atoms with E-state index < -0.39 is 0 Å². The van der Waals surface area contributed by atoms with Crippen LogP contribution in [0.5, 0.6) is 0 Å². The summed E-state index contributed by atoms with van der Waals surface area (Å²) in [5.41, 5.74) is 1.87. The Labute approximate surface area is 96.9 Å². The van der Waals surface area contributed by atoms with Crippen molar-refractivity contribution in [3.63, 3.8) is 0 Å². The largest absolute Gasteiger partial charge is 0.368 e. The summed E-state index contributed by atoms with van der Waals surface area (Å²) in [6, 6.07) is 10.1. The zero-order valence-corrected chi connectivity index (χ0v) is 9.69. The number of para-hydroxylation sites is 1. The summed E-state index contributed by atoms with van der Waals surface area (Å²) < 4.78 is 0. The summed E-state index contributed by atoms with van der Waals surface area (Å²) in [6.45, 7) is 7.54. The molecule has 1 aliphatic heterocycles. The normalized spacial score (nSPS) is 17.1. The van der Waals surface area contributed by atoms with E-state index in [9.17, 15) is 0 Å². The van der Waals surface area contributed by atoms with Gasteiger partial charge in [-0.2, -0.15) is 5.26 Å². The molecular formula is C13H17N3. The van der Waals surface area contributed by atoms with Crippen LogP contribution in [0, 0.1) is 11.3 Å². The molecule has 0 amide bonds. The third-order valence-corrected chi connectivity index (χ3v) is 3.18. The fourth-order valence-corrected chi connectivity index (χ4v) is 2.15. The fraction of sp³-hybridized carbons (Fsp3) is 0.462. The van der Waals surface area contributed by atoms with Crippen LogP contribution in [0.3, 0.4) is 0 Å². The molecular weight excluding hydrogens is 198 g/mol. The van der Waals surface area contributed by atoms with Crippen LogP contribution in [-0.2, 0) is 0 Å². The number of nitriles is 1. The number of likely N-dealkylation sites (N-methyl/N-ethyl adjacent to an activating group) is 1. The van der Waals surface area contributed by atoms with Crippen molar-refractivity contribution in [1.82, 2.24) is 4.90 Å². The number of nitrogens with zero attached hydrogens (tertiary/aromatic N) is 3. The molecule has 2 rings (SSSR count). The van der Waals surface area contributed by atoms with E-state index in [4.69, 9.17) is 5.26 Å². The summed E-state index contributed by atoms with van der Waals surface area (Å²) in [7, 11) is 0. The molecule has 16 heavy (non-hydrogen) atoms. The van der Waals surface area contributed by atoms with Crippen LogP contribution < -0.4 is 4.90 Å². The Morgan fingerprint density at radius 1 is 1.19 bits per heavy atom. The molecule has 0 bridgehead atoms. The maximum atomic E-state index is 9.06. The molecule has 0 spiro atoms. The summed E-state index contributed by atoms with van der Waals surface area (Å²) in [5, 5.41) is 9.06. The van der Waals surface area contributed by atoms with Gasteiger partial charge in [0.2, 0.25) is 0 Å². The lowest BCUT2D eigenvalue weighted by molar-refractivity contribution is 0.271. The lowest BCUT2D eigenvalue weighted by Crippen LogP contribution is -2.46. The number of hydrogen-bond acceptors (Lipinski definition) is 3. The Kier molecular flexibility index (Phi) is 3.43. The molecule has 0 radical (unpaired) electrons. The highest BCUT2D eigenvalue weighted by molar-refractivity contribution is 5.59. The standard InChI is InChI=1S/C13H17N3/c1-2-15-7-9-16(10-8-15)13-6-4-3-5-12(13)11-14/h3-6H,2,7-10H2,1H3. The van der Waals surface area contributed by atoms with Crippen LogP contribution in [0.15, 0.2) is 24.3 Å². The first-order valence-electron chi connectivity index (χ1n) is 5.81. The van der Waals surface area contributed by atoms with Gasteiger partial charge in [0, 0.05) is 26.2 Å². The topological polar surface area (TPSA) is 30.3 Å². The molecule has 0 N–H and O–H groups in total. The van der Waals surface area contributed by atoms with Crippen LogP contribution in [0.2, 0.25) is 0 Å². The van der Waals surface area contributed by atoms with Crippen molar-refractivity contribution in [3.05, 3.63) is 29.8 Å².